The number of likely N-dealkylation sites (N-methyl/N-ethyl adjacent to an activating group) is 1. The van der Waals surface area contributed by atoms with Gasteiger partial charge in [0.05, 0.1) is 12.2 Å². The molecule has 0 unspecified atom stereocenters. The highest BCUT2D eigenvalue weighted by atomic mass is 16.5. The second-order valence-electron chi connectivity index (χ2n) is 4.94. The highest BCUT2D eigenvalue weighted by Gasteiger charge is 2.09. The molecule has 2 nitrogen and oxygen atoms in total. The van der Waals surface area contributed by atoms with Gasteiger partial charge < -0.3 is 9.64 Å². The number of hydrogen-bond acceptors (Lipinski definition) is 2. The van der Waals surface area contributed by atoms with Crippen LogP contribution in [0.1, 0.15) is 41.5 Å². The second kappa shape index (κ2) is 7.02. The van der Waals surface area contributed by atoms with E-state index in [1.54, 1.807) is 0 Å². The van der Waals surface area contributed by atoms with E-state index in [4.69, 9.17) is 4.74 Å². The summed E-state index contributed by atoms with van der Waals surface area (Å²) in [4.78, 5) is 2.39. The van der Waals surface area contributed by atoms with Crippen LogP contribution in [-0.2, 0) is 4.74 Å². The van der Waals surface area contributed by atoms with Gasteiger partial charge in [-0.05, 0) is 40.8 Å². The lowest BCUT2D eigenvalue weighted by molar-refractivity contribution is 0.0110. The number of ether oxygens (including phenoxy) is 1. The van der Waals surface area contributed by atoms with E-state index < -0.39 is 0 Å². The summed E-state index contributed by atoms with van der Waals surface area (Å²) in [6.45, 7) is 16.8. The lowest BCUT2D eigenvalue weighted by Gasteiger charge is -2.20. The van der Waals surface area contributed by atoms with E-state index in [2.05, 4.69) is 52.5 Å². The Kier molecular flexibility index (Phi) is 6.86. The molecule has 0 bridgehead atoms. The van der Waals surface area contributed by atoms with Crippen molar-refractivity contribution >= 4 is 0 Å². The van der Waals surface area contributed by atoms with Crippen molar-refractivity contribution in [3.8, 4) is 0 Å². The Bertz CT molecular complexity index is 187. The van der Waals surface area contributed by atoms with Gasteiger partial charge in [-0.2, -0.15) is 0 Å². The summed E-state index contributed by atoms with van der Waals surface area (Å²) in [6, 6.07) is 0. The van der Waals surface area contributed by atoms with Crippen molar-refractivity contribution in [2.24, 2.45) is 0 Å². The lowest BCUT2D eigenvalue weighted by Crippen LogP contribution is -2.24. The molecule has 0 fully saturated rings. The summed E-state index contributed by atoms with van der Waals surface area (Å²) < 4.78 is 5.70. The van der Waals surface area contributed by atoms with Crippen LogP contribution in [0.4, 0.5) is 0 Å². The molecule has 0 aliphatic rings. The highest BCUT2D eigenvalue weighted by Crippen LogP contribution is 2.08. The maximum Gasteiger partial charge on any atom is 0.0681 e. The van der Waals surface area contributed by atoms with Crippen LogP contribution in [-0.4, -0.2) is 36.7 Å². The van der Waals surface area contributed by atoms with Crippen molar-refractivity contribution in [3.05, 3.63) is 11.6 Å². The largest absolute Gasteiger partial charge is 0.372 e. The van der Waals surface area contributed by atoms with Gasteiger partial charge in [-0.15, -0.1) is 0 Å². The first-order chi connectivity index (χ1) is 6.89. The molecule has 0 aliphatic heterocycles. The normalized spacial score (nSPS) is 13.7. The summed E-state index contributed by atoms with van der Waals surface area (Å²) in [5.74, 6) is 0. The van der Waals surface area contributed by atoms with Gasteiger partial charge in [0.15, 0.2) is 0 Å². The van der Waals surface area contributed by atoms with Crippen molar-refractivity contribution in [2.75, 3.05) is 26.2 Å². The second-order valence-corrected chi connectivity index (χ2v) is 4.94. The van der Waals surface area contributed by atoms with Gasteiger partial charge in [0.2, 0.25) is 0 Å². The zero-order valence-electron chi connectivity index (χ0n) is 11.3. The third-order valence-corrected chi connectivity index (χ3v) is 2.33. The van der Waals surface area contributed by atoms with Crippen LogP contribution < -0.4 is 0 Å². The zero-order chi connectivity index (χ0) is 11.9. The molecule has 0 heterocycles. The monoisotopic (exact) mass is 213 g/mol. The van der Waals surface area contributed by atoms with Gasteiger partial charge in [-0.3, -0.25) is 0 Å². The topological polar surface area (TPSA) is 12.5 Å². The van der Waals surface area contributed by atoms with E-state index in [0.29, 0.717) is 0 Å². The zero-order valence-corrected chi connectivity index (χ0v) is 11.3. The van der Waals surface area contributed by atoms with E-state index in [1.807, 2.05) is 0 Å². The first-order valence-corrected chi connectivity index (χ1v) is 5.91. The molecule has 0 aromatic carbocycles. The molecule has 0 saturated heterocycles. The van der Waals surface area contributed by atoms with Crippen LogP contribution in [0.25, 0.3) is 0 Å². The molecule has 0 spiro atoms. The van der Waals surface area contributed by atoms with E-state index in [9.17, 15) is 0 Å². The Morgan fingerprint density at radius 3 is 2.13 bits per heavy atom. The third kappa shape index (κ3) is 8.64. The van der Waals surface area contributed by atoms with Gasteiger partial charge in [0.1, 0.15) is 0 Å². The summed E-state index contributed by atoms with van der Waals surface area (Å²) in [5.41, 5.74) is 1.28. The van der Waals surface area contributed by atoms with Crippen molar-refractivity contribution < 1.29 is 4.74 Å². The number of rotatable bonds is 6. The molecule has 0 aliphatic carbocycles. The van der Waals surface area contributed by atoms with Gasteiger partial charge in [0.25, 0.3) is 0 Å². The first kappa shape index (κ1) is 14.7. The minimum Gasteiger partial charge on any atom is -0.372 e. The standard InChI is InChI=1S/C13H27NO/c1-7-14(8-2)10-9-12(3)11-15-13(4,5)6/h9H,7-8,10-11H2,1-6H3/b12-9+. The van der Waals surface area contributed by atoms with Crippen LogP contribution >= 0.6 is 0 Å². The van der Waals surface area contributed by atoms with Gasteiger partial charge in [0, 0.05) is 6.54 Å². The van der Waals surface area contributed by atoms with Crippen molar-refractivity contribution in [1.82, 2.24) is 4.90 Å². The fourth-order valence-corrected chi connectivity index (χ4v) is 1.16. The minimum atomic E-state index is -0.0374. The third-order valence-electron chi connectivity index (χ3n) is 2.33. The van der Waals surface area contributed by atoms with Crippen LogP contribution in [0.15, 0.2) is 11.6 Å². The van der Waals surface area contributed by atoms with Crippen LogP contribution in [0.2, 0.25) is 0 Å². The smallest absolute Gasteiger partial charge is 0.0681 e. The van der Waals surface area contributed by atoms with E-state index in [0.717, 1.165) is 26.2 Å². The van der Waals surface area contributed by atoms with Gasteiger partial charge in [-0.25, -0.2) is 0 Å². The number of nitrogens with zero attached hydrogens (tertiary/aromatic N) is 1. The van der Waals surface area contributed by atoms with Crippen molar-refractivity contribution in [1.29, 1.82) is 0 Å². The van der Waals surface area contributed by atoms with E-state index in [1.165, 1.54) is 5.57 Å². The molecule has 0 aromatic heterocycles. The van der Waals surface area contributed by atoms with Gasteiger partial charge in [-0.1, -0.05) is 25.5 Å². The molecular formula is C13H27NO. The first-order valence-electron chi connectivity index (χ1n) is 5.91. The fraction of sp³-hybridized carbons (Fsp3) is 0.846. The Morgan fingerprint density at radius 1 is 1.20 bits per heavy atom. The minimum absolute atomic E-state index is 0.0374. The predicted molar refractivity (Wildman–Crippen MR) is 67.3 cm³/mol. The molecule has 0 radical (unpaired) electrons. The molecule has 2 heteroatoms. The predicted octanol–water partition coefficient (Wildman–Crippen LogP) is 3.09. The summed E-state index contributed by atoms with van der Waals surface area (Å²) in [5, 5.41) is 0. The van der Waals surface area contributed by atoms with Crippen molar-refractivity contribution in [2.45, 2.75) is 47.1 Å². The highest BCUT2D eigenvalue weighted by molar-refractivity contribution is 5.00. The molecule has 0 amide bonds. The summed E-state index contributed by atoms with van der Waals surface area (Å²) in [6.07, 6.45) is 2.26. The summed E-state index contributed by atoms with van der Waals surface area (Å²) in [7, 11) is 0. The van der Waals surface area contributed by atoms with E-state index >= 15 is 0 Å². The average molecular weight is 213 g/mol. The molecule has 90 valence electrons. The van der Waals surface area contributed by atoms with Crippen LogP contribution in [0.3, 0.4) is 0 Å². The Balaban J connectivity index is 3.88. The number of hydrogen-bond donors (Lipinski definition) is 0. The Morgan fingerprint density at radius 2 is 1.73 bits per heavy atom. The van der Waals surface area contributed by atoms with Crippen LogP contribution in [0.5, 0.6) is 0 Å². The molecule has 0 N–H and O–H groups in total. The maximum atomic E-state index is 5.70. The maximum absolute atomic E-state index is 5.70. The molecule has 0 rings (SSSR count). The molecular weight excluding hydrogens is 186 g/mol. The van der Waals surface area contributed by atoms with Crippen molar-refractivity contribution in [3.63, 3.8) is 0 Å². The van der Waals surface area contributed by atoms with E-state index in [-0.39, 0.29) is 5.60 Å². The molecule has 0 aromatic rings. The lowest BCUT2D eigenvalue weighted by atomic mass is 10.2. The molecule has 0 atom stereocenters. The Labute approximate surface area is 95.3 Å². The SMILES string of the molecule is CCN(CC)C/C=C(\C)COC(C)(C)C. The van der Waals surface area contributed by atoms with Gasteiger partial charge >= 0.3 is 0 Å². The molecule has 15 heavy (non-hydrogen) atoms. The quantitative estimate of drug-likeness (QED) is 0.629. The average Bonchev–Trinajstić information content (AvgIpc) is 2.15. The fourth-order valence-electron chi connectivity index (χ4n) is 1.16. The summed E-state index contributed by atoms with van der Waals surface area (Å²) >= 11 is 0. The van der Waals surface area contributed by atoms with Crippen LogP contribution in [0, 0.1) is 0 Å². The Hall–Kier alpha value is -0.340. The molecule has 0 saturated carbocycles.